The Bertz CT molecular complexity index is 44.7. The maximum Gasteiger partial charge on any atom is 1.00 e. The lowest BCUT2D eigenvalue weighted by Crippen LogP contribution is -2.30. The molecule has 0 aliphatic heterocycles. The van der Waals surface area contributed by atoms with Crippen LogP contribution in [-0.2, 0) is 0 Å². The van der Waals surface area contributed by atoms with Crippen LogP contribution < -0.4 is 13.7 Å². The first-order valence-corrected chi connectivity index (χ1v) is 4.60. The van der Waals surface area contributed by atoms with Crippen molar-refractivity contribution in [2.75, 3.05) is 13.1 Å². The summed E-state index contributed by atoms with van der Waals surface area (Å²) in [7, 11) is 0. The maximum absolute atomic E-state index is 8.63. The maximum atomic E-state index is 8.63. The summed E-state index contributed by atoms with van der Waals surface area (Å²) in [5.41, 5.74) is 0. The van der Waals surface area contributed by atoms with Gasteiger partial charge in [-0.1, -0.05) is 13.8 Å². The Morgan fingerprint density at radius 2 is 1.67 bits per heavy atom. The van der Waals surface area contributed by atoms with E-state index >= 15 is 0 Å². The van der Waals surface area contributed by atoms with Crippen molar-refractivity contribution in [3.63, 3.8) is 0 Å². The molecule has 0 aliphatic rings. The van der Waals surface area contributed by atoms with E-state index < -0.39 is 14.8 Å². The van der Waals surface area contributed by atoms with Crippen LogP contribution in [-0.4, -0.2) is 17.3 Å². The molecule has 58 valence electrons. The molecule has 0 amide bonds. The Morgan fingerprint density at radius 1 is 1.44 bits per heavy atom. The minimum absolute atomic E-state index is 0. The first-order chi connectivity index (χ1) is 4.15. The van der Waals surface area contributed by atoms with Crippen LogP contribution in [0.3, 0.4) is 0 Å². The molecular weight excluding hydrogens is 190 g/mol. The number of hydrogen-bond acceptors (Lipinski definition) is 4. The van der Waals surface area contributed by atoms with Gasteiger partial charge in [-0.2, -0.15) is 0 Å². The summed E-state index contributed by atoms with van der Waals surface area (Å²) in [5, 5.41) is 3.11. The molecule has 0 atom stereocenters. The monoisotopic (exact) mass is 202 g/mol. The molecule has 0 bridgehead atoms. The van der Waals surface area contributed by atoms with Crippen LogP contribution in [0.4, 0.5) is 0 Å². The van der Waals surface area contributed by atoms with E-state index in [1.807, 2.05) is 0 Å². The van der Waals surface area contributed by atoms with Gasteiger partial charge < -0.3 is 13.7 Å². The van der Waals surface area contributed by atoms with E-state index in [9.17, 15) is 0 Å². The predicted molar refractivity (Wildman–Crippen MR) is 27.5 cm³/mol. The fourth-order valence-corrected chi connectivity index (χ4v) is 0.250. The van der Waals surface area contributed by atoms with E-state index in [0.717, 1.165) is 13.1 Å². The zero-order chi connectivity index (χ0) is 7.70. The SMILES string of the molecule is CCNCC.[H+].[O-][Br+2]([O-])O. The van der Waals surface area contributed by atoms with Gasteiger partial charge in [-0.3, -0.25) is 0 Å². The van der Waals surface area contributed by atoms with Crippen molar-refractivity contribution in [1.29, 1.82) is 0 Å². The van der Waals surface area contributed by atoms with Gasteiger partial charge >= 0.3 is 16.2 Å². The third kappa shape index (κ3) is 61.7. The molecule has 0 aliphatic carbocycles. The predicted octanol–water partition coefficient (Wildman–Crippen LogP) is -2.21. The second kappa shape index (κ2) is 11.2. The highest BCUT2D eigenvalue weighted by Gasteiger charge is 1.86. The highest BCUT2D eigenvalue weighted by atomic mass is 80.0. The zero-order valence-electron chi connectivity index (χ0n) is 6.56. The third-order valence-corrected chi connectivity index (χ3v) is 0.500. The molecular formula is C4H13BrNO3+. The molecule has 0 aromatic carbocycles. The standard InChI is InChI=1S/C4H11N.BrHO3/c1-3-5-4-2;2-1(3)4/h5H,3-4H2,1-2H3;2H/p+1. The van der Waals surface area contributed by atoms with Gasteiger partial charge in [-0.05, 0) is 17.3 Å². The highest BCUT2D eigenvalue weighted by Crippen LogP contribution is 1.47. The van der Waals surface area contributed by atoms with Crippen molar-refractivity contribution in [3.05, 3.63) is 0 Å². The first-order valence-electron chi connectivity index (χ1n) is 2.60. The molecule has 0 fully saturated rings. The van der Waals surface area contributed by atoms with E-state index in [4.69, 9.17) is 12.6 Å². The molecule has 0 rings (SSSR count). The topological polar surface area (TPSA) is 78.4 Å². The summed E-state index contributed by atoms with van der Waals surface area (Å²) >= 11 is -3.40. The van der Waals surface area contributed by atoms with Crippen LogP contribution in [0.25, 0.3) is 0 Å². The van der Waals surface area contributed by atoms with Gasteiger partial charge in [0.05, 0.1) is 0 Å². The van der Waals surface area contributed by atoms with Gasteiger partial charge in [0, 0.05) is 0 Å². The molecule has 0 radical (unpaired) electrons. The molecule has 0 saturated heterocycles. The largest absolute Gasteiger partial charge is 1.00 e. The molecule has 0 unspecified atom stereocenters. The molecule has 0 aromatic heterocycles. The lowest BCUT2D eigenvalue weighted by molar-refractivity contribution is -1.63. The summed E-state index contributed by atoms with van der Waals surface area (Å²) < 4.78 is 24.3. The zero-order valence-corrected chi connectivity index (χ0v) is 7.14. The van der Waals surface area contributed by atoms with Crippen molar-refractivity contribution in [1.82, 2.24) is 5.32 Å². The fraction of sp³-hybridized carbons (Fsp3) is 1.00. The van der Waals surface area contributed by atoms with Crippen LogP contribution in [0.5, 0.6) is 0 Å². The number of rotatable bonds is 2. The van der Waals surface area contributed by atoms with Crippen LogP contribution in [0, 0.1) is 14.8 Å². The average Bonchev–Trinajstić information content (AvgIpc) is 1.66. The third-order valence-electron chi connectivity index (χ3n) is 0.500. The van der Waals surface area contributed by atoms with Gasteiger partial charge in [0.15, 0.2) is 0 Å². The van der Waals surface area contributed by atoms with Crippen LogP contribution in [0.2, 0.25) is 0 Å². The quantitative estimate of drug-likeness (QED) is 0.533. The lowest BCUT2D eigenvalue weighted by atomic mass is 10.7. The van der Waals surface area contributed by atoms with Crippen molar-refractivity contribution in [3.8, 4) is 0 Å². The van der Waals surface area contributed by atoms with Gasteiger partial charge in [0.25, 0.3) is 0 Å². The smallest absolute Gasteiger partial charge is 0.372 e. The molecule has 0 heterocycles. The second-order valence-corrected chi connectivity index (χ2v) is 2.00. The molecule has 5 heteroatoms. The normalized spacial score (nSPS) is 8.67. The molecule has 9 heavy (non-hydrogen) atoms. The minimum atomic E-state index is -3.40. The van der Waals surface area contributed by atoms with Crippen LogP contribution in [0.15, 0.2) is 0 Å². The fourth-order valence-electron chi connectivity index (χ4n) is 0.250. The Balaban J connectivity index is -0.0000000910. The summed E-state index contributed by atoms with van der Waals surface area (Å²) in [5.74, 6) is 0. The van der Waals surface area contributed by atoms with Crippen molar-refractivity contribution >= 4 is 0 Å². The molecule has 2 N–H and O–H groups in total. The summed E-state index contributed by atoms with van der Waals surface area (Å²) in [4.78, 5) is 0. The number of nitrogens with one attached hydrogen (secondary N) is 1. The van der Waals surface area contributed by atoms with Crippen molar-refractivity contribution in [2.24, 2.45) is 0 Å². The molecule has 4 nitrogen and oxygen atoms in total. The number of hydrogen-bond donors (Lipinski definition) is 2. The Morgan fingerprint density at radius 3 is 1.67 bits per heavy atom. The molecule has 0 spiro atoms. The summed E-state index contributed by atoms with van der Waals surface area (Å²) in [6.07, 6.45) is 0. The Hall–Kier alpha value is 0.320. The van der Waals surface area contributed by atoms with Crippen LogP contribution >= 0.6 is 0 Å². The molecule has 0 saturated carbocycles. The Labute approximate surface area is 61.8 Å². The Kier molecular flexibility index (Phi) is 14.9. The van der Waals surface area contributed by atoms with Gasteiger partial charge in [-0.25, -0.2) is 0 Å². The van der Waals surface area contributed by atoms with Crippen molar-refractivity contribution in [2.45, 2.75) is 13.8 Å². The van der Waals surface area contributed by atoms with E-state index in [2.05, 4.69) is 19.2 Å². The molecule has 0 aromatic rings. The van der Waals surface area contributed by atoms with Gasteiger partial charge in [0.1, 0.15) is 0 Å². The number of halogens is 1. The van der Waals surface area contributed by atoms with Crippen molar-refractivity contribution < 1.29 is 28.8 Å². The van der Waals surface area contributed by atoms with E-state index in [1.54, 1.807) is 0 Å². The van der Waals surface area contributed by atoms with Crippen LogP contribution in [0.1, 0.15) is 15.3 Å². The first kappa shape index (κ1) is 12.0. The van der Waals surface area contributed by atoms with E-state index in [1.165, 1.54) is 0 Å². The highest BCUT2D eigenvalue weighted by molar-refractivity contribution is 4.27. The van der Waals surface area contributed by atoms with E-state index in [0.29, 0.717) is 0 Å². The van der Waals surface area contributed by atoms with Gasteiger partial charge in [-0.15, -0.1) is 0 Å². The minimum Gasteiger partial charge on any atom is -0.372 e. The second-order valence-electron chi connectivity index (χ2n) is 1.16. The summed E-state index contributed by atoms with van der Waals surface area (Å²) in [6.45, 7) is 6.39. The van der Waals surface area contributed by atoms with Gasteiger partial charge in [0.2, 0.25) is 0 Å². The average molecular weight is 203 g/mol. The lowest BCUT2D eigenvalue weighted by Gasteiger charge is -1.86. The summed E-state index contributed by atoms with van der Waals surface area (Å²) in [6, 6.07) is 0. The van der Waals surface area contributed by atoms with E-state index in [-0.39, 0.29) is 1.43 Å².